The fourth-order valence-electron chi connectivity index (χ4n) is 3.01. The van der Waals surface area contributed by atoms with Crippen LogP contribution in [0.2, 0.25) is 0 Å². The van der Waals surface area contributed by atoms with E-state index >= 15 is 0 Å². The lowest BCUT2D eigenvalue weighted by molar-refractivity contribution is 0.343. The van der Waals surface area contributed by atoms with Crippen LogP contribution in [-0.4, -0.2) is 13.2 Å². The summed E-state index contributed by atoms with van der Waals surface area (Å²) in [5, 5.41) is 4.47. The van der Waals surface area contributed by atoms with Crippen LogP contribution in [0.5, 0.6) is 11.5 Å². The van der Waals surface area contributed by atoms with Crippen molar-refractivity contribution in [2.75, 3.05) is 13.2 Å². The fourth-order valence-corrected chi connectivity index (χ4v) is 3.01. The molecule has 114 valence electrons. The van der Waals surface area contributed by atoms with Crippen molar-refractivity contribution in [2.24, 2.45) is 5.73 Å². The van der Waals surface area contributed by atoms with Crippen LogP contribution in [0.3, 0.4) is 0 Å². The first-order valence-corrected chi connectivity index (χ1v) is 7.73. The molecule has 22 heavy (non-hydrogen) atoms. The van der Waals surface area contributed by atoms with Crippen LogP contribution < -0.4 is 15.2 Å². The predicted octanol–water partition coefficient (Wildman–Crippen LogP) is 4.25. The highest BCUT2D eigenvalue weighted by molar-refractivity contribution is 6.06. The zero-order valence-electron chi connectivity index (χ0n) is 13.1. The summed E-state index contributed by atoms with van der Waals surface area (Å²) in [6.45, 7) is 5.74. The first kappa shape index (κ1) is 14.7. The molecule has 3 nitrogen and oxygen atoms in total. The Bertz CT molecular complexity index is 811. The lowest BCUT2D eigenvalue weighted by Crippen LogP contribution is -2.02. The number of nitrogens with two attached hydrogens (primary N) is 1. The van der Waals surface area contributed by atoms with E-state index in [1.165, 1.54) is 0 Å². The van der Waals surface area contributed by atoms with Gasteiger partial charge >= 0.3 is 0 Å². The SMILES string of the molecule is CCOc1cccc2c(CN)c3c(OCC)cccc3cc12. The van der Waals surface area contributed by atoms with Crippen LogP contribution in [0.4, 0.5) is 0 Å². The van der Waals surface area contributed by atoms with E-state index in [9.17, 15) is 0 Å². The third kappa shape index (κ3) is 2.38. The third-order valence-corrected chi connectivity index (χ3v) is 3.86. The molecule has 0 saturated carbocycles. The summed E-state index contributed by atoms with van der Waals surface area (Å²) >= 11 is 0. The van der Waals surface area contributed by atoms with Crippen LogP contribution in [0, 0.1) is 0 Å². The van der Waals surface area contributed by atoms with Crippen LogP contribution in [0.1, 0.15) is 19.4 Å². The Morgan fingerprint density at radius 2 is 1.55 bits per heavy atom. The molecule has 3 aromatic rings. The first-order valence-electron chi connectivity index (χ1n) is 7.73. The highest BCUT2D eigenvalue weighted by Crippen LogP contribution is 2.37. The van der Waals surface area contributed by atoms with E-state index in [2.05, 4.69) is 18.2 Å². The molecule has 0 radical (unpaired) electrons. The molecule has 0 aliphatic heterocycles. The summed E-state index contributed by atoms with van der Waals surface area (Å²) in [5.74, 6) is 1.79. The molecule has 0 aliphatic rings. The van der Waals surface area contributed by atoms with E-state index in [1.807, 2.05) is 38.1 Å². The van der Waals surface area contributed by atoms with Crippen molar-refractivity contribution in [3.63, 3.8) is 0 Å². The van der Waals surface area contributed by atoms with Gasteiger partial charge in [-0.25, -0.2) is 0 Å². The minimum absolute atomic E-state index is 0.466. The Morgan fingerprint density at radius 3 is 2.27 bits per heavy atom. The van der Waals surface area contributed by atoms with Crippen molar-refractivity contribution in [1.82, 2.24) is 0 Å². The maximum absolute atomic E-state index is 6.07. The maximum atomic E-state index is 6.07. The molecule has 0 bridgehead atoms. The summed E-state index contributed by atoms with van der Waals surface area (Å²) in [7, 11) is 0. The van der Waals surface area contributed by atoms with Crippen molar-refractivity contribution in [1.29, 1.82) is 0 Å². The van der Waals surface area contributed by atoms with E-state index < -0.39 is 0 Å². The van der Waals surface area contributed by atoms with Crippen LogP contribution in [0.15, 0.2) is 42.5 Å². The number of benzene rings is 3. The van der Waals surface area contributed by atoms with Gasteiger partial charge in [-0.1, -0.05) is 24.3 Å². The van der Waals surface area contributed by atoms with Gasteiger partial charge < -0.3 is 15.2 Å². The monoisotopic (exact) mass is 295 g/mol. The minimum Gasteiger partial charge on any atom is -0.493 e. The van der Waals surface area contributed by atoms with Crippen molar-refractivity contribution >= 4 is 21.5 Å². The number of hydrogen-bond donors (Lipinski definition) is 1. The van der Waals surface area contributed by atoms with Gasteiger partial charge in [0, 0.05) is 17.3 Å². The van der Waals surface area contributed by atoms with Gasteiger partial charge in [0.05, 0.1) is 13.2 Å². The van der Waals surface area contributed by atoms with Gasteiger partial charge in [0.1, 0.15) is 11.5 Å². The maximum Gasteiger partial charge on any atom is 0.127 e. The van der Waals surface area contributed by atoms with E-state index in [-0.39, 0.29) is 0 Å². The molecule has 2 N–H and O–H groups in total. The molecule has 0 saturated heterocycles. The lowest BCUT2D eigenvalue weighted by Gasteiger charge is -2.16. The molecular weight excluding hydrogens is 274 g/mol. The Morgan fingerprint density at radius 1 is 0.864 bits per heavy atom. The minimum atomic E-state index is 0.466. The molecule has 3 heteroatoms. The van der Waals surface area contributed by atoms with Gasteiger partial charge in [0.15, 0.2) is 0 Å². The number of rotatable bonds is 5. The van der Waals surface area contributed by atoms with Gasteiger partial charge in [0.2, 0.25) is 0 Å². The van der Waals surface area contributed by atoms with Crippen molar-refractivity contribution < 1.29 is 9.47 Å². The zero-order chi connectivity index (χ0) is 15.5. The molecular formula is C19H21NO2. The molecule has 0 fully saturated rings. The normalized spacial score (nSPS) is 11.0. The topological polar surface area (TPSA) is 44.5 Å². The van der Waals surface area contributed by atoms with Crippen molar-refractivity contribution in [3.05, 3.63) is 48.0 Å². The van der Waals surface area contributed by atoms with Crippen LogP contribution >= 0.6 is 0 Å². The first-order chi connectivity index (χ1) is 10.8. The molecule has 0 atom stereocenters. The predicted molar refractivity (Wildman–Crippen MR) is 91.7 cm³/mol. The second kappa shape index (κ2) is 6.24. The lowest BCUT2D eigenvalue weighted by atomic mass is 9.95. The Balaban J connectivity index is 2.41. The fraction of sp³-hybridized carbons (Fsp3) is 0.263. The molecule has 0 amide bonds. The molecule has 3 rings (SSSR count). The van der Waals surface area contributed by atoms with Gasteiger partial charge in [-0.3, -0.25) is 0 Å². The Hall–Kier alpha value is -2.26. The average Bonchev–Trinajstić information content (AvgIpc) is 2.54. The summed E-state index contributed by atoms with van der Waals surface area (Å²) in [5.41, 5.74) is 7.18. The second-order valence-corrected chi connectivity index (χ2v) is 5.13. The van der Waals surface area contributed by atoms with Gasteiger partial charge in [0.25, 0.3) is 0 Å². The van der Waals surface area contributed by atoms with Gasteiger partial charge in [-0.05, 0) is 48.4 Å². The molecule has 0 heterocycles. The van der Waals surface area contributed by atoms with E-state index in [4.69, 9.17) is 15.2 Å². The van der Waals surface area contributed by atoms with Gasteiger partial charge in [-0.2, -0.15) is 0 Å². The van der Waals surface area contributed by atoms with Crippen LogP contribution in [0.25, 0.3) is 21.5 Å². The Labute approximate surface area is 130 Å². The van der Waals surface area contributed by atoms with Gasteiger partial charge in [-0.15, -0.1) is 0 Å². The summed E-state index contributed by atoms with van der Waals surface area (Å²) in [4.78, 5) is 0. The summed E-state index contributed by atoms with van der Waals surface area (Å²) in [6.07, 6.45) is 0. The van der Waals surface area contributed by atoms with Crippen molar-refractivity contribution in [2.45, 2.75) is 20.4 Å². The molecule has 3 aromatic carbocycles. The van der Waals surface area contributed by atoms with E-state index in [0.29, 0.717) is 19.8 Å². The smallest absolute Gasteiger partial charge is 0.127 e. The molecule has 0 spiro atoms. The number of ether oxygens (including phenoxy) is 2. The second-order valence-electron chi connectivity index (χ2n) is 5.13. The zero-order valence-corrected chi connectivity index (χ0v) is 13.1. The third-order valence-electron chi connectivity index (χ3n) is 3.86. The molecule has 0 aliphatic carbocycles. The van der Waals surface area contributed by atoms with E-state index in [0.717, 1.165) is 38.6 Å². The summed E-state index contributed by atoms with van der Waals surface area (Å²) < 4.78 is 11.6. The quantitative estimate of drug-likeness (QED) is 0.716. The van der Waals surface area contributed by atoms with Crippen molar-refractivity contribution in [3.8, 4) is 11.5 Å². The number of hydrogen-bond acceptors (Lipinski definition) is 3. The van der Waals surface area contributed by atoms with Crippen LogP contribution in [-0.2, 0) is 6.54 Å². The highest BCUT2D eigenvalue weighted by atomic mass is 16.5. The summed E-state index contributed by atoms with van der Waals surface area (Å²) in [6, 6.07) is 14.4. The highest BCUT2D eigenvalue weighted by Gasteiger charge is 2.13. The molecule has 0 aromatic heterocycles. The largest absolute Gasteiger partial charge is 0.493 e. The molecule has 0 unspecified atom stereocenters. The number of fused-ring (bicyclic) bond motifs is 2. The standard InChI is InChI=1S/C19H21NO2/c1-3-21-17-9-6-8-14-15(17)11-13-7-5-10-18(22-4-2)19(13)16(14)12-20/h5-11H,3-4,12,20H2,1-2H3. The van der Waals surface area contributed by atoms with E-state index in [1.54, 1.807) is 0 Å². The Kier molecular flexibility index (Phi) is 4.16. The average molecular weight is 295 g/mol.